The lowest BCUT2D eigenvalue weighted by Gasteiger charge is -2.20. The third kappa shape index (κ3) is 4.24. The number of aromatic nitrogens is 1. The molecule has 1 aromatic heterocycles. The smallest absolute Gasteiger partial charge is 0.275 e. The number of thiazole rings is 1. The maximum atomic E-state index is 12.8. The third-order valence-corrected chi connectivity index (χ3v) is 6.79. The average Bonchev–Trinajstić information content (AvgIpc) is 3.06. The Kier molecular flexibility index (Phi) is 6.28. The van der Waals surface area contributed by atoms with E-state index in [9.17, 15) is 13.2 Å². The lowest BCUT2D eigenvalue weighted by atomic mass is 10.2. The molecule has 1 amide bonds. The first-order valence-corrected chi connectivity index (χ1v) is 10.2. The molecule has 25 heavy (non-hydrogen) atoms. The van der Waals surface area contributed by atoms with Crippen molar-refractivity contribution in [2.24, 2.45) is 5.73 Å². The Balaban J connectivity index is 2.31. The van der Waals surface area contributed by atoms with Gasteiger partial charge in [0.2, 0.25) is 10.0 Å². The van der Waals surface area contributed by atoms with E-state index < -0.39 is 15.9 Å². The van der Waals surface area contributed by atoms with Gasteiger partial charge in [0.25, 0.3) is 5.91 Å². The van der Waals surface area contributed by atoms with E-state index in [0.717, 1.165) is 0 Å². The van der Waals surface area contributed by atoms with Crippen molar-refractivity contribution < 1.29 is 13.2 Å². The molecule has 2 rings (SSSR count). The first-order valence-electron chi connectivity index (χ1n) is 7.90. The first-order chi connectivity index (χ1) is 11.8. The number of anilines is 1. The van der Waals surface area contributed by atoms with E-state index >= 15 is 0 Å². The highest BCUT2D eigenvalue weighted by molar-refractivity contribution is 7.89. The van der Waals surface area contributed by atoms with Crippen molar-refractivity contribution >= 4 is 33.0 Å². The molecule has 0 atom stereocenters. The number of amides is 1. The summed E-state index contributed by atoms with van der Waals surface area (Å²) in [6.45, 7) is 6.36. The number of nitrogens with two attached hydrogens (primary N) is 1. The van der Waals surface area contributed by atoms with Crippen molar-refractivity contribution in [2.45, 2.75) is 32.2 Å². The summed E-state index contributed by atoms with van der Waals surface area (Å²) in [5, 5.41) is 4.98. The molecule has 2 aromatic rings. The molecule has 1 heterocycles. The number of carbonyl (C=O) groups excluding carboxylic acids is 1. The van der Waals surface area contributed by atoms with Crippen LogP contribution in [0.5, 0.6) is 0 Å². The largest absolute Gasteiger partial charge is 0.325 e. The molecular formula is C16H22N4O3S2. The van der Waals surface area contributed by atoms with Crippen LogP contribution in [0.15, 0.2) is 28.5 Å². The molecule has 9 heteroatoms. The minimum atomic E-state index is -3.60. The number of benzene rings is 1. The lowest BCUT2D eigenvalue weighted by molar-refractivity contribution is 0.102. The normalized spacial score (nSPS) is 11.7. The number of carbonyl (C=O) groups is 1. The van der Waals surface area contributed by atoms with Crippen molar-refractivity contribution in [2.75, 3.05) is 18.4 Å². The molecule has 0 aliphatic heterocycles. The van der Waals surface area contributed by atoms with E-state index in [1.54, 1.807) is 38.3 Å². The Labute approximate surface area is 151 Å². The van der Waals surface area contributed by atoms with E-state index in [1.807, 2.05) is 0 Å². The highest BCUT2D eigenvalue weighted by Crippen LogP contribution is 2.24. The summed E-state index contributed by atoms with van der Waals surface area (Å²) in [7, 11) is -3.60. The maximum absolute atomic E-state index is 12.8. The Hall–Kier alpha value is -1.81. The summed E-state index contributed by atoms with van der Waals surface area (Å²) < 4.78 is 26.9. The molecule has 0 saturated carbocycles. The Morgan fingerprint density at radius 3 is 2.56 bits per heavy atom. The van der Waals surface area contributed by atoms with Crippen molar-refractivity contribution in [3.63, 3.8) is 0 Å². The van der Waals surface area contributed by atoms with E-state index in [4.69, 9.17) is 5.73 Å². The van der Waals surface area contributed by atoms with Gasteiger partial charge in [0.15, 0.2) is 0 Å². The van der Waals surface area contributed by atoms with Gasteiger partial charge in [-0.25, -0.2) is 13.4 Å². The fourth-order valence-corrected chi connectivity index (χ4v) is 4.73. The van der Waals surface area contributed by atoms with E-state index in [-0.39, 0.29) is 17.1 Å². The van der Waals surface area contributed by atoms with Gasteiger partial charge in [0.1, 0.15) is 10.7 Å². The highest BCUT2D eigenvalue weighted by Gasteiger charge is 2.24. The summed E-state index contributed by atoms with van der Waals surface area (Å²) >= 11 is 1.31. The number of hydrogen-bond acceptors (Lipinski definition) is 6. The summed E-state index contributed by atoms with van der Waals surface area (Å²) in [6, 6.07) is 4.83. The second kappa shape index (κ2) is 8.05. The molecule has 7 nitrogen and oxygen atoms in total. The quantitative estimate of drug-likeness (QED) is 0.764. The Morgan fingerprint density at radius 2 is 2.00 bits per heavy atom. The summed E-state index contributed by atoms with van der Waals surface area (Å²) in [4.78, 5) is 16.6. The standard InChI is InChI=1S/C16H22N4O3S2/c1-4-20(5-2)25(22,23)14-8-12(7-6-11(14)3)18-16(21)13-10-24-15(9-17)19-13/h6-8,10H,4-5,9,17H2,1-3H3,(H,18,21). The van der Waals surface area contributed by atoms with Gasteiger partial charge in [0, 0.05) is 30.7 Å². The van der Waals surface area contributed by atoms with Crippen LogP contribution in [0.4, 0.5) is 5.69 Å². The zero-order chi connectivity index (χ0) is 18.6. The molecule has 0 spiro atoms. The summed E-state index contributed by atoms with van der Waals surface area (Å²) in [5.74, 6) is -0.397. The molecule has 0 aliphatic carbocycles. The molecule has 3 N–H and O–H groups in total. The number of sulfonamides is 1. The van der Waals surface area contributed by atoms with E-state index in [1.165, 1.54) is 21.7 Å². The van der Waals surface area contributed by atoms with Crippen LogP contribution in [0.25, 0.3) is 0 Å². The predicted molar refractivity (Wildman–Crippen MR) is 99.2 cm³/mol. The SMILES string of the molecule is CCN(CC)S(=O)(=O)c1cc(NC(=O)c2csc(CN)n2)ccc1C. The average molecular weight is 383 g/mol. The van der Waals surface area contributed by atoms with Crippen molar-refractivity contribution in [3.8, 4) is 0 Å². The van der Waals surface area contributed by atoms with Gasteiger partial charge in [-0.15, -0.1) is 11.3 Å². The molecule has 0 radical (unpaired) electrons. The van der Waals surface area contributed by atoms with Crippen LogP contribution in [0, 0.1) is 6.92 Å². The molecule has 0 fully saturated rings. The topological polar surface area (TPSA) is 105 Å². The maximum Gasteiger partial charge on any atom is 0.275 e. The second-order valence-electron chi connectivity index (χ2n) is 5.35. The first kappa shape index (κ1) is 19.5. The number of rotatable bonds is 7. The van der Waals surface area contributed by atoms with Gasteiger partial charge in [-0.2, -0.15) is 4.31 Å². The van der Waals surface area contributed by atoms with Crippen LogP contribution in [0.2, 0.25) is 0 Å². The van der Waals surface area contributed by atoms with Crippen molar-refractivity contribution in [1.82, 2.24) is 9.29 Å². The van der Waals surface area contributed by atoms with Crippen molar-refractivity contribution in [3.05, 3.63) is 39.8 Å². The number of hydrogen-bond donors (Lipinski definition) is 2. The van der Waals surface area contributed by atoms with Gasteiger partial charge in [-0.3, -0.25) is 4.79 Å². The fraction of sp³-hybridized carbons (Fsp3) is 0.375. The number of nitrogens with one attached hydrogen (secondary N) is 1. The monoisotopic (exact) mass is 382 g/mol. The van der Waals surface area contributed by atoms with Crippen LogP contribution >= 0.6 is 11.3 Å². The number of nitrogens with zero attached hydrogens (tertiary/aromatic N) is 2. The van der Waals surface area contributed by atoms with E-state index in [2.05, 4.69) is 10.3 Å². The lowest BCUT2D eigenvalue weighted by Crippen LogP contribution is -2.31. The van der Waals surface area contributed by atoms with Gasteiger partial charge in [-0.1, -0.05) is 19.9 Å². The van der Waals surface area contributed by atoms with Crippen LogP contribution in [-0.2, 0) is 16.6 Å². The Bertz CT molecular complexity index is 858. The zero-order valence-corrected chi connectivity index (χ0v) is 16.1. The summed E-state index contributed by atoms with van der Waals surface area (Å²) in [5.41, 5.74) is 6.80. The summed E-state index contributed by atoms with van der Waals surface area (Å²) in [6.07, 6.45) is 0. The zero-order valence-electron chi connectivity index (χ0n) is 14.4. The van der Waals surface area contributed by atoms with Crippen molar-refractivity contribution in [1.29, 1.82) is 0 Å². The van der Waals surface area contributed by atoms with Gasteiger partial charge in [0.05, 0.1) is 4.90 Å². The molecule has 0 aliphatic rings. The molecular weight excluding hydrogens is 360 g/mol. The molecule has 0 unspecified atom stereocenters. The van der Waals surface area contributed by atoms with Crippen LogP contribution in [0.3, 0.4) is 0 Å². The number of aryl methyl sites for hydroxylation is 1. The molecule has 0 bridgehead atoms. The Morgan fingerprint density at radius 1 is 1.32 bits per heavy atom. The minimum Gasteiger partial charge on any atom is -0.325 e. The van der Waals surface area contributed by atoms with Gasteiger partial charge in [-0.05, 0) is 24.6 Å². The molecule has 1 aromatic carbocycles. The highest BCUT2D eigenvalue weighted by atomic mass is 32.2. The van der Waals surface area contributed by atoms with Gasteiger partial charge >= 0.3 is 0 Å². The van der Waals surface area contributed by atoms with Crippen LogP contribution in [-0.4, -0.2) is 36.7 Å². The van der Waals surface area contributed by atoms with Crippen LogP contribution in [0.1, 0.15) is 34.9 Å². The molecule has 0 saturated heterocycles. The minimum absolute atomic E-state index is 0.190. The fourth-order valence-electron chi connectivity index (χ4n) is 2.36. The second-order valence-corrected chi connectivity index (χ2v) is 8.20. The third-order valence-electron chi connectivity index (χ3n) is 3.73. The predicted octanol–water partition coefficient (Wildman–Crippen LogP) is 2.19. The van der Waals surface area contributed by atoms with Crippen LogP contribution < -0.4 is 11.1 Å². The van der Waals surface area contributed by atoms with E-state index in [0.29, 0.717) is 29.3 Å². The molecule has 136 valence electrons. The van der Waals surface area contributed by atoms with Gasteiger partial charge < -0.3 is 11.1 Å².